The number of rotatable bonds is 5. The van der Waals surface area contributed by atoms with Gasteiger partial charge in [0.2, 0.25) is 5.91 Å². The SMILES string of the molecule is CC[C@@]1(C(=O)NCc2nncn2C2CCCCC2)C[C@@H]2CC[C@H]1N2.Cl. The number of hydrogen-bond donors (Lipinski definition) is 2. The van der Waals surface area contributed by atoms with Crippen LogP contribution < -0.4 is 10.6 Å². The zero-order valence-electron chi connectivity index (χ0n) is 15.0. The number of carbonyl (C=O) groups is 1. The summed E-state index contributed by atoms with van der Waals surface area (Å²) in [4.78, 5) is 13.0. The normalized spacial score (nSPS) is 31.7. The first-order valence-electron chi connectivity index (χ1n) is 9.65. The van der Waals surface area contributed by atoms with Gasteiger partial charge < -0.3 is 15.2 Å². The zero-order chi connectivity index (χ0) is 16.6. The third-order valence-corrected chi connectivity index (χ3v) is 6.62. The summed E-state index contributed by atoms with van der Waals surface area (Å²) in [6, 6.07) is 1.39. The van der Waals surface area contributed by atoms with E-state index in [0.717, 1.165) is 25.1 Å². The molecule has 3 atom stereocenters. The van der Waals surface area contributed by atoms with Gasteiger partial charge in [0.1, 0.15) is 6.33 Å². The second kappa shape index (κ2) is 7.62. The molecule has 0 radical (unpaired) electrons. The first-order valence-corrected chi connectivity index (χ1v) is 9.65. The molecule has 2 saturated heterocycles. The molecule has 2 bridgehead atoms. The molecule has 7 heteroatoms. The number of nitrogens with zero attached hydrogens (tertiary/aromatic N) is 3. The quantitative estimate of drug-likeness (QED) is 0.839. The molecule has 0 unspecified atom stereocenters. The van der Waals surface area contributed by atoms with Crippen molar-refractivity contribution < 1.29 is 4.79 Å². The fourth-order valence-corrected chi connectivity index (χ4v) is 5.19. The van der Waals surface area contributed by atoms with Gasteiger partial charge in [-0.05, 0) is 38.5 Å². The van der Waals surface area contributed by atoms with Gasteiger partial charge in [0.05, 0.1) is 12.0 Å². The van der Waals surface area contributed by atoms with Crippen molar-refractivity contribution in [2.45, 2.75) is 89.4 Å². The molecule has 1 aromatic heterocycles. The minimum Gasteiger partial charge on any atom is -0.348 e. The average molecular weight is 368 g/mol. The van der Waals surface area contributed by atoms with Crippen molar-refractivity contribution in [2.24, 2.45) is 5.41 Å². The largest absolute Gasteiger partial charge is 0.348 e. The highest BCUT2D eigenvalue weighted by Gasteiger charge is 2.54. The topological polar surface area (TPSA) is 71.8 Å². The molecule has 1 amide bonds. The van der Waals surface area contributed by atoms with Crippen LogP contribution in [0.2, 0.25) is 0 Å². The number of amides is 1. The van der Waals surface area contributed by atoms with E-state index >= 15 is 0 Å². The molecule has 3 aliphatic rings. The lowest BCUT2D eigenvalue weighted by molar-refractivity contribution is -0.132. The molecule has 3 fully saturated rings. The summed E-state index contributed by atoms with van der Waals surface area (Å²) in [6.07, 6.45) is 12.4. The van der Waals surface area contributed by atoms with E-state index in [1.807, 2.05) is 6.33 Å². The van der Waals surface area contributed by atoms with Gasteiger partial charge in [0, 0.05) is 18.1 Å². The van der Waals surface area contributed by atoms with Crippen LogP contribution in [-0.4, -0.2) is 32.8 Å². The van der Waals surface area contributed by atoms with Crippen LogP contribution in [0, 0.1) is 5.41 Å². The molecule has 0 aromatic carbocycles. The van der Waals surface area contributed by atoms with Crippen LogP contribution in [0.5, 0.6) is 0 Å². The summed E-state index contributed by atoms with van der Waals surface area (Å²) < 4.78 is 2.19. The van der Waals surface area contributed by atoms with Crippen LogP contribution in [0.15, 0.2) is 6.33 Å². The van der Waals surface area contributed by atoms with Crippen molar-refractivity contribution in [3.63, 3.8) is 0 Å². The van der Waals surface area contributed by atoms with E-state index in [2.05, 4.69) is 32.3 Å². The first kappa shape index (κ1) is 18.6. The van der Waals surface area contributed by atoms with Crippen molar-refractivity contribution in [1.82, 2.24) is 25.4 Å². The average Bonchev–Trinajstić information content (AvgIpc) is 3.35. The molecule has 25 heavy (non-hydrogen) atoms. The molecule has 4 rings (SSSR count). The van der Waals surface area contributed by atoms with Crippen molar-refractivity contribution in [3.05, 3.63) is 12.2 Å². The van der Waals surface area contributed by atoms with E-state index < -0.39 is 0 Å². The number of halogens is 1. The summed E-state index contributed by atoms with van der Waals surface area (Å²) in [7, 11) is 0. The minimum atomic E-state index is -0.224. The van der Waals surface area contributed by atoms with Crippen LogP contribution in [0.4, 0.5) is 0 Å². The number of aromatic nitrogens is 3. The van der Waals surface area contributed by atoms with Gasteiger partial charge >= 0.3 is 0 Å². The molecule has 140 valence electrons. The highest BCUT2D eigenvalue weighted by molar-refractivity contribution is 5.85. The first-order chi connectivity index (χ1) is 11.7. The van der Waals surface area contributed by atoms with Gasteiger partial charge in [-0.25, -0.2) is 0 Å². The second-order valence-corrected chi connectivity index (χ2v) is 7.84. The van der Waals surface area contributed by atoms with E-state index in [0.29, 0.717) is 24.7 Å². The van der Waals surface area contributed by atoms with Crippen LogP contribution >= 0.6 is 12.4 Å². The Kier molecular flexibility index (Phi) is 5.68. The lowest BCUT2D eigenvalue weighted by atomic mass is 9.71. The van der Waals surface area contributed by atoms with E-state index in [4.69, 9.17) is 0 Å². The maximum absolute atomic E-state index is 13.0. The fourth-order valence-electron chi connectivity index (χ4n) is 5.19. The van der Waals surface area contributed by atoms with Gasteiger partial charge in [-0.1, -0.05) is 26.2 Å². The molecule has 1 aromatic rings. The Morgan fingerprint density at radius 3 is 2.76 bits per heavy atom. The summed E-state index contributed by atoms with van der Waals surface area (Å²) in [5, 5.41) is 15.2. The third-order valence-electron chi connectivity index (χ3n) is 6.62. The number of carbonyl (C=O) groups excluding carboxylic acids is 1. The van der Waals surface area contributed by atoms with Crippen LogP contribution in [0.1, 0.15) is 76.6 Å². The monoisotopic (exact) mass is 367 g/mol. The van der Waals surface area contributed by atoms with E-state index in [1.54, 1.807) is 0 Å². The van der Waals surface area contributed by atoms with Gasteiger partial charge in [0.15, 0.2) is 5.82 Å². The summed E-state index contributed by atoms with van der Waals surface area (Å²) in [5.74, 6) is 1.10. The van der Waals surface area contributed by atoms with E-state index in [1.165, 1.54) is 38.5 Å². The molecule has 2 N–H and O–H groups in total. The Hall–Kier alpha value is -1.14. The zero-order valence-corrected chi connectivity index (χ0v) is 15.9. The minimum absolute atomic E-state index is 0. The van der Waals surface area contributed by atoms with E-state index in [-0.39, 0.29) is 23.7 Å². The van der Waals surface area contributed by atoms with Crippen LogP contribution in [-0.2, 0) is 11.3 Å². The molecule has 6 nitrogen and oxygen atoms in total. The number of hydrogen-bond acceptors (Lipinski definition) is 4. The lowest BCUT2D eigenvalue weighted by Crippen LogP contribution is -2.48. The Balaban J connectivity index is 0.00000182. The standard InChI is InChI=1S/C18H29N5O.ClH/c1-2-18(10-13-8-9-15(18)21-13)17(24)19-11-16-22-20-12-23(16)14-6-4-3-5-7-14;/h12-15,21H,2-11H2,1H3,(H,19,24);1H/t13-,15+,18+;/m0./s1. The van der Waals surface area contributed by atoms with E-state index in [9.17, 15) is 4.79 Å². The molecular weight excluding hydrogens is 338 g/mol. The summed E-state index contributed by atoms with van der Waals surface area (Å²) in [5.41, 5.74) is -0.224. The molecular formula is C18H30ClN5O. The fraction of sp³-hybridized carbons (Fsp3) is 0.833. The third kappa shape index (κ3) is 3.31. The summed E-state index contributed by atoms with van der Waals surface area (Å²) in [6.45, 7) is 2.64. The molecule has 2 aliphatic heterocycles. The molecule has 1 saturated carbocycles. The van der Waals surface area contributed by atoms with Gasteiger partial charge in [-0.2, -0.15) is 0 Å². The van der Waals surface area contributed by atoms with Crippen LogP contribution in [0.25, 0.3) is 0 Å². The maximum Gasteiger partial charge on any atom is 0.228 e. The van der Waals surface area contributed by atoms with Gasteiger partial charge in [-0.15, -0.1) is 22.6 Å². The Labute approximate surface area is 155 Å². The molecule has 3 heterocycles. The van der Waals surface area contributed by atoms with Gasteiger partial charge in [-0.3, -0.25) is 4.79 Å². The Bertz CT molecular complexity index is 600. The number of fused-ring (bicyclic) bond motifs is 2. The Morgan fingerprint density at radius 1 is 1.32 bits per heavy atom. The van der Waals surface area contributed by atoms with Crippen molar-refractivity contribution in [3.8, 4) is 0 Å². The predicted molar refractivity (Wildman–Crippen MR) is 98.5 cm³/mol. The van der Waals surface area contributed by atoms with Crippen molar-refractivity contribution in [1.29, 1.82) is 0 Å². The molecule has 0 spiro atoms. The maximum atomic E-state index is 13.0. The number of nitrogens with one attached hydrogen (secondary N) is 2. The highest BCUT2D eigenvalue weighted by Crippen LogP contribution is 2.45. The molecule has 1 aliphatic carbocycles. The predicted octanol–water partition coefficient (Wildman–Crippen LogP) is 2.74. The van der Waals surface area contributed by atoms with Crippen molar-refractivity contribution >= 4 is 18.3 Å². The van der Waals surface area contributed by atoms with Crippen molar-refractivity contribution in [2.75, 3.05) is 0 Å². The van der Waals surface area contributed by atoms with Crippen LogP contribution in [0.3, 0.4) is 0 Å². The second-order valence-electron chi connectivity index (χ2n) is 7.84. The van der Waals surface area contributed by atoms with Gasteiger partial charge in [0.25, 0.3) is 0 Å². The lowest BCUT2D eigenvalue weighted by Gasteiger charge is -2.34. The highest BCUT2D eigenvalue weighted by atomic mass is 35.5. The smallest absolute Gasteiger partial charge is 0.228 e. The summed E-state index contributed by atoms with van der Waals surface area (Å²) >= 11 is 0. The Morgan fingerprint density at radius 2 is 2.12 bits per heavy atom.